The predicted molar refractivity (Wildman–Crippen MR) is 105 cm³/mol. The number of aryl methyl sites for hydroxylation is 1. The average Bonchev–Trinajstić information content (AvgIpc) is 2.64. The molecule has 5 nitrogen and oxygen atoms in total. The lowest BCUT2D eigenvalue weighted by Gasteiger charge is -2.10. The van der Waals surface area contributed by atoms with Crippen molar-refractivity contribution < 1.29 is 14.3 Å². The molecule has 0 fully saturated rings. The van der Waals surface area contributed by atoms with Crippen molar-refractivity contribution in [3.05, 3.63) is 59.7 Å². The summed E-state index contributed by atoms with van der Waals surface area (Å²) in [7, 11) is 0. The summed E-state index contributed by atoms with van der Waals surface area (Å²) in [4.78, 5) is 24.0. The van der Waals surface area contributed by atoms with Crippen molar-refractivity contribution in [2.45, 2.75) is 24.7 Å². The van der Waals surface area contributed by atoms with E-state index in [1.165, 1.54) is 17.3 Å². The van der Waals surface area contributed by atoms with E-state index in [1.54, 1.807) is 12.1 Å². The third-order valence-corrected chi connectivity index (χ3v) is 4.74. The molecule has 0 radical (unpaired) electrons. The van der Waals surface area contributed by atoms with Gasteiger partial charge in [0.2, 0.25) is 5.91 Å². The van der Waals surface area contributed by atoms with Crippen LogP contribution in [0, 0.1) is 6.92 Å². The van der Waals surface area contributed by atoms with Crippen LogP contribution in [-0.4, -0.2) is 30.7 Å². The Morgan fingerprint density at radius 1 is 1.08 bits per heavy atom. The van der Waals surface area contributed by atoms with Gasteiger partial charge in [-0.3, -0.25) is 9.59 Å². The summed E-state index contributed by atoms with van der Waals surface area (Å²) in [5, 5.41) is 2.91. The summed E-state index contributed by atoms with van der Waals surface area (Å²) in [5.41, 5.74) is 6.94. The van der Waals surface area contributed by atoms with E-state index in [1.807, 2.05) is 43.3 Å². The first-order valence-electron chi connectivity index (χ1n) is 8.54. The fraction of sp³-hybridized carbons (Fsp3) is 0.300. The molecule has 0 aliphatic carbocycles. The molecule has 0 heterocycles. The van der Waals surface area contributed by atoms with Crippen LogP contribution in [0.3, 0.4) is 0 Å². The number of benzene rings is 2. The Kier molecular flexibility index (Phi) is 8.02. The highest BCUT2D eigenvalue weighted by atomic mass is 32.2. The standard InChI is InChI=1S/C20H24N2O3S/c1-15-8-10-16(11-9-15)25-13-5-4-12-22-20(24)17-6-2-3-7-18(17)26-14-19(21)23/h2-3,6-11H,4-5,12-14H2,1H3,(H2,21,23)(H,22,24). The number of primary amides is 1. The van der Waals surface area contributed by atoms with Crippen LogP contribution in [0.2, 0.25) is 0 Å². The number of amides is 2. The number of ether oxygens (including phenoxy) is 1. The molecule has 0 bridgehead atoms. The van der Waals surface area contributed by atoms with Crippen molar-refractivity contribution in [3.8, 4) is 5.75 Å². The quantitative estimate of drug-likeness (QED) is 0.496. The molecule has 26 heavy (non-hydrogen) atoms. The van der Waals surface area contributed by atoms with E-state index in [0.29, 0.717) is 18.7 Å². The van der Waals surface area contributed by atoms with E-state index in [4.69, 9.17) is 10.5 Å². The molecular weight excluding hydrogens is 348 g/mol. The maximum absolute atomic E-state index is 12.3. The summed E-state index contributed by atoms with van der Waals surface area (Å²) < 4.78 is 5.67. The van der Waals surface area contributed by atoms with Crippen LogP contribution in [-0.2, 0) is 4.79 Å². The lowest BCUT2D eigenvalue weighted by atomic mass is 10.2. The second-order valence-corrected chi connectivity index (χ2v) is 6.89. The van der Waals surface area contributed by atoms with Gasteiger partial charge in [0.05, 0.1) is 17.9 Å². The number of thioether (sulfide) groups is 1. The van der Waals surface area contributed by atoms with Gasteiger partial charge in [0.1, 0.15) is 5.75 Å². The normalized spacial score (nSPS) is 10.3. The zero-order valence-corrected chi connectivity index (χ0v) is 15.7. The third kappa shape index (κ3) is 6.80. The maximum atomic E-state index is 12.3. The van der Waals surface area contributed by atoms with Crippen molar-refractivity contribution >= 4 is 23.6 Å². The SMILES string of the molecule is Cc1ccc(OCCCCNC(=O)c2ccccc2SCC(N)=O)cc1. The Labute approximate surface area is 158 Å². The highest BCUT2D eigenvalue weighted by molar-refractivity contribution is 8.00. The summed E-state index contributed by atoms with van der Waals surface area (Å²) >= 11 is 1.27. The lowest BCUT2D eigenvalue weighted by molar-refractivity contribution is -0.115. The highest BCUT2D eigenvalue weighted by Gasteiger charge is 2.11. The predicted octanol–water partition coefficient (Wildman–Crippen LogP) is 3.16. The number of rotatable bonds is 10. The monoisotopic (exact) mass is 372 g/mol. The summed E-state index contributed by atoms with van der Waals surface area (Å²) in [5.74, 6) is 0.469. The number of nitrogens with two attached hydrogens (primary N) is 1. The van der Waals surface area contributed by atoms with E-state index in [0.717, 1.165) is 23.5 Å². The number of unbranched alkanes of at least 4 members (excludes halogenated alkanes) is 1. The number of carbonyl (C=O) groups is 2. The highest BCUT2D eigenvalue weighted by Crippen LogP contribution is 2.22. The Bertz CT molecular complexity index is 732. The Balaban J connectivity index is 1.70. The molecule has 0 atom stereocenters. The summed E-state index contributed by atoms with van der Waals surface area (Å²) in [6.07, 6.45) is 1.68. The van der Waals surface area contributed by atoms with Crippen molar-refractivity contribution in [3.63, 3.8) is 0 Å². The molecule has 0 saturated heterocycles. The van der Waals surface area contributed by atoms with E-state index in [9.17, 15) is 9.59 Å². The van der Waals surface area contributed by atoms with Gasteiger partial charge < -0.3 is 15.8 Å². The molecule has 2 amide bonds. The molecule has 2 aromatic rings. The molecule has 3 N–H and O–H groups in total. The van der Waals surface area contributed by atoms with Crippen molar-refractivity contribution in [1.29, 1.82) is 0 Å². The van der Waals surface area contributed by atoms with Gasteiger partial charge in [0, 0.05) is 11.4 Å². The van der Waals surface area contributed by atoms with Crippen LogP contribution in [0.5, 0.6) is 5.75 Å². The lowest BCUT2D eigenvalue weighted by Crippen LogP contribution is -2.25. The fourth-order valence-corrected chi connectivity index (χ4v) is 3.07. The first-order chi connectivity index (χ1) is 12.6. The van der Waals surface area contributed by atoms with Gasteiger partial charge in [0.15, 0.2) is 0 Å². The van der Waals surface area contributed by atoms with Crippen LogP contribution in [0.4, 0.5) is 0 Å². The van der Waals surface area contributed by atoms with Crippen LogP contribution in [0.25, 0.3) is 0 Å². The molecule has 0 aliphatic heterocycles. The molecule has 0 aromatic heterocycles. The minimum absolute atomic E-state index is 0.142. The van der Waals surface area contributed by atoms with Crippen LogP contribution in [0.15, 0.2) is 53.4 Å². The number of hydrogen-bond acceptors (Lipinski definition) is 4. The number of hydrogen-bond donors (Lipinski definition) is 2. The molecule has 0 unspecified atom stereocenters. The van der Waals surface area contributed by atoms with Crippen LogP contribution >= 0.6 is 11.8 Å². The van der Waals surface area contributed by atoms with Gasteiger partial charge in [0.25, 0.3) is 5.91 Å². The second kappa shape index (κ2) is 10.5. The van der Waals surface area contributed by atoms with Crippen LogP contribution in [0.1, 0.15) is 28.8 Å². The Morgan fingerprint density at radius 3 is 2.54 bits per heavy atom. The van der Waals surface area contributed by atoms with Gasteiger partial charge in [-0.2, -0.15) is 0 Å². The Hall–Kier alpha value is -2.47. The molecule has 0 saturated carbocycles. The molecule has 0 aliphatic rings. The molecule has 2 aromatic carbocycles. The first-order valence-corrected chi connectivity index (χ1v) is 9.52. The maximum Gasteiger partial charge on any atom is 0.252 e. The van der Waals surface area contributed by atoms with E-state index in [2.05, 4.69) is 5.32 Å². The van der Waals surface area contributed by atoms with E-state index < -0.39 is 5.91 Å². The van der Waals surface area contributed by atoms with Crippen molar-refractivity contribution in [2.24, 2.45) is 5.73 Å². The van der Waals surface area contributed by atoms with Crippen LogP contribution < -0.4 is 15.8 Å². The van der Waals surface area contributed by atoms with E-state index in [-0.39, 0.29) is 11.7 Å². The average molecular weight is 372 g/mol. The minimum Gasteiger partial charge on any atom is -0.494 e. The second-order valence-electron chi connectivity index (χ2n) is 5.88. The smallest absolute Gasteiger partial charge is 0.252 e. The van der Waals surface area contributed by atoms with E-state index >= 15 is 0 Å². The number of nitrogens with one attached hydrogen (secondary N) is 1. The van der Waals surface area contributed by atoms with Gasteiger partial charge in [-0.25, -0.2) is 0 Å². The topological polar surface area (TPSA) is 81.4 Å². The molecule has 0 spiro atoms. The molecule has 2 rings (SSSR count). The van der Waals surface area contributed by atoms with Gasteiger partial charge >= 0.3 is 0 Å². The Morgan fingerprint density at radius 2 is 1.81 bits per heavy atom. The van der Waals surface area contributed by atoms with Crippen molar-refractivity contribution in [2.75, 3.05) is 18.9 Å². The zero-order valence-electron chi connectivity index (χ0n) is 14.9. The molecular formula is C20H24N2O3S. The molecule has 138 valence electrons. The van der Waals surface area contributed by atoms with Crippen molar-refractivity contribution in [1.82, 2.24) is 5.32 Å². The number of carbonyl (C=O) groups excluding carboxylic acids is 2. The third-order valence-electron chi connectivity index (χ3n) is 3.65. The van der Waals surface area contributed by atoms with Gasteiger partial charge in [-0.1, -0.05) is 29.8 Å². The minimum atomic E-state index is -0.404. The largest absolute Gasteiger partial charge is 0.494 e. The summed E-state index contributed by atoms with van der Waals surface area (Å²) in [6.45, 7) is 3.23. The van der Waals surface area contributed by atoms with Gasteiger partial charge in [-0.05, 0) is 44.0 Å². The zero-order chi connectivity index (χ0) is 18.8. The van der Waals surface area contributed by atoms with Gasteiger partial charge in [-0.15, -0.1) is 11.8 Å². The first kappa shape index (κ1) is 19.8. The summed E-state index contributed by atoms with van der Waals surface area (Å²) in [6, 6.07) is 15.2. The molecule has 6 heteroatoms. The fourth-order valence-electron chi connectivity index (χ4n) is 2.28.